The van der Waals surface area contributed by atoms with E-state index in [9.17, 15) is 0 Å². The molecule has 0 spiro atoms. The smallest absolute Gasteiger partial charge is 0.0967 e. The molecule has 40 heteroatoms. The molecule has 0 saturated heterocycles. The molecular formula is C85H111N9Y31-2. The molecule has 0 fully saturated rings. The normalized spacial score (nSPS) is 6.86. The molecule has 8 heterocycles. The first-order valence-electron chi connectivity index (χ1n) is 34.4. The summed E-state index contributed by atoms with van der Waals surface area (Å²) in [6, 6.07) is 65.3. The number of anilines is 2. The minimum atomic E-state index is 0. The van der Waals surface area contributed by atoms with Gasteiger partial charge < -0.3 is 4.90 Å². The second-order valence-corrected chi connectivity index (χ2v) is 17.8. The van der Waals surface area contributed by atoms with Crippen molar-refractivity contribution in [3.63, 3.8) is 0 Å². The Bertz CT molecular complexity index is 4220. The average Bonchev–Trinajstić information content (AvgIpc) is 0.811. The predicted octanol–water partition coefficient (Wildman–Crippen LogP) is 25.6. The zero-order chi connectivity index (χ0) is 70.8. The largest absolute Gasteiger partial charge is 0.391 e. The number of benzene rings is 6. The third-order valence-corrected chi connectivity index (χ3v) is 12.6. The van der Waals surface area contributed by atoms with Gasteiger partial charge in [0.05, 0.1) is 44.1 Å². The Hall–Kier alpha value is 24.6. The Morgan fingerprint density at radius 3 is 0.824 bits per heavy atom. The third kappa shape index (κ3) is 95.8. The second-order valence-electron chi connectivity index (χ2n) is 17.8. The molecule has 9 nitrogen and oxygen atoms in total. The monoisotopic (exact) mass is 4010 g/mol. The minimum absolute atomic E-state index is 0. The van der Waals surface area contributed by atoms with Gasteiger partial charge >= 0.3 is 0 Å². The molecule has 0 aliphatic carbocycles. The molecule has 14 rings (SSSR count). The van der Waals surface area contributed by atoms with Crippen LogP contribution in [0.5, 0.6) is 0 Å². The maximum Gasteiger partial charge on any atom is 0.0967 e. The summed E-state index contributed by atoms with van der Waals surface area (Å²) in [4.78, 5) is 37.4. The fraction of sp³-hybridized carbons (Fsp3) is 0.294. The molecule has 0 amide bonds. The Kier molecular flexibility index (Phi) is 318. The van der Waals surface area contributed by atoms with E-state index in [1.165, 1.54) is 27.5 Å². The fourth-order valence-corrected chi connectivity index (χ4v) is 8.83. The summed E-state index contributed by atoms with van der Waals surface area (Å²) in [5, 5.41) is 9.24. The van der Waals surface area contributed by atoms with Crippen LogP contribution in [-0.4, -0.2) is 46.9 Å². The number of aryl methyl sites for hydroxylation is 4. The van der Waals surface area contributed by atoms with Gasteiger partial charge in [-0.3, -0.25) is 39.9 Å². The number of para-hydroxylation sites is 2. The number of hydrogen-bond donors (Lipinski definition) is 0. The summed E-state index contributed by atoms with van der Waals surface area (Å²) < 4.78 is 0. The summed E-state index contributed by atoms with van der Waals surface area (Å²) in [6.07, 6.45) is 12.8. The molecule has 6 aromatic carbocycles. The van der Waals surface area contributed by atoms with Crippen molar-refractivity contribution in [2.75, 3.05) is 11.9 Å². The first kappa shape index (κ1) is 239. The molecule has 0 unspecified atom stereocenters. The van der Waals surface area contributed by atoms with Crippen molar-refractivity contribution in [1.29, 1.82) is 0 Å². The van der Waals surface area contributed by atoms with Gasteiger partial charge in [0, 0.05) is 1110 Å². The molecule has 0 atom stereocenters. The van der Waals surface area contributed by atoms with Crippen molar-refractivity contribution in [3.8, 4) is 0 Å². The Labute approximate surface area is 1540 Å². The van der Waals surface area contributed by atoms with E-state index in [1.54, 1.807) is 0 Å². The van der Waals surface area contributed by atoms with E-state index in [4.69, 9.17) is 0 Å². The maximum atomic E-state index is 4.54. The molecule has 14 aromatic rings. The van der Waals surface area contributed by atoms with Crippen LogP contribution in [0.4, 0.5) is 11.4 Å². The van der Waals surface area contributed by atoms with Crippen LogP contribution in [0.25, 0.3) is 87.2 Å². The van der Waals surface area contributed by atoms with Gasteiger partial charge in [0.15, 0.2) is 0 Å². The molecule has 0 N–H and O–H groups in total. The summed E-state index contributed by atoms with van der Waals surface area (Å²) in [5.41, 5.74) is 14.7. The molecular weight excluding hydrogens is 3900 g/mol. The van der Waals surface area contributed by atoms with Gasteiger partial charge in [0.1, 0.15) is 0 Å². The van der Waals surface area contributed by atoms with Crippen LogP contribution in [0.1, 0.15) is 161 Å². The number of rotatable bonds is 2. The summed E-state index contributed by atoms with van der Waals surface area (Å²) >= 11 is 0. The number of pyridine rings is 8. The van der Waals surface area contributed by atoms with E-state index < -0.39 is 0 Å². The molecule has 31 radical (unpaired) electrons. The molecule has 125 heavy (non-hydrogen) atoms. The topological polar surface area (TPSA) is 106 Å². The van der Waals surface area contributed by atoms with Crippen LogP contribution in [0, 0.1) is 39.8 Å². The van der Waals surface area contributed by atoms with E-state index in [2.05, 4.69) is 163 Å². The van der Waals surface area contributed by atoms with Gasteiger partial charge in [-0.05, 0) is 99.0 Å². The minimum Gasteiger partial charge on any atom is -0.391 e. The zero-order valence-corrected chi connectivity index (χ0v) is 168. The van der Waals surface area contributed by atoms with Gasteiger partial charge in [-0.25, -0.2) is 0 Å². The number of hydrogen-bond acceptors (Lipinski definition) is 9. The molecule has 0 aliphatic rings. The van der Waals surface area contributed by atoms with Crippen molar-refractivity contribution < 1.29 is 1010 Å². The van der Waals surface area contributed by atoms with Crippen LogP contribution >= 0.6 is 0 Å². The van der Waals surface area contributed by atoms with Crippen molar-refractivity contribution in [2.45, 2.75) is 166 Å². The van der Waals surface area contributed by atoms with E-state index >= 15 is 0 Å². The molecule has 0 saturated carbocycles. The fourth-order valence-electron chi connectivity index (χ4n) is 8.83. The Morgan fingerprint density at radius 2 is 0.472 bits per heavy atom. The van der Waals surface area contributed by atoms with Crippen LogP contribution < -0.4 is 4.90 Å². The molecule has 0 aliphatic heterocycles. The van der Waals surface area contributed by atoms with Crippen LogP contribution in [-0.2, 0) is 1010 Å². The maximum absolute atomic E-state index is 4.54. The molecule has 0 bridgehead atoms. The van der Waals surface area contributed by atoms with Crippen molar-refractivity contribution in [3.05, 3.63) is 254 Å². The third-order valence-electron chi connectivity index (χ3n) is 12.6. The predicted molar refractivity (Wildman–Crippen MR) is 419 cm³/mol. The van der Waals surface area contributed by atoms with Gasteiger partial charge in [-0.2, -0.15) is 48.5 Å². The first-order valence-corrected chi connectivity index (χ1v) is 34.4. The van der Waals surface area contributed by atoms with E-state index in [0.717, 1.165) is 93.5 Å². The van der Waals surface area contributed by atoms with Gasteiger partial charge in [-0.1, -0.05) is 223 Å². The van der Waals surface area contributed by atoms with E-state index in [-0.39, 0.29) is 1010 Å². The molecule has 8 aromatic heterocycles. The second kappa shape index (κ2) is 166. The van der Waals surface area contributed by atoms with Gasteiger partial charge in [0.25, 0.3) is 0 Å². The number of aromatic nitrogens is 8. The quantitative estimate of drug-likeness (QED) is 0.124. The average molecular weight is 4010 g/mol. The van der Waals surface area contributed by atoms with Crippen molar-refractivity contribution in [2.24, 2.45) is 0 Å². The van der Waals surface area contributed by atoms with Crippen LogP contribution in [0.2, 0.25) is 0 Å². The number of nitrogens with zero attached hydrogens (tertiary/aromatic N) is 9. The zero-order valence-electron chi connectivity index (χ0n) is 79.7. The summed E-state index contributed by atoms with van der Waals surface area (Å²) in [7, 11) is 2.01. The molecule has 591 valence electrons. The first-order chi connectivity index (χ1) is 46.3. The Morgan fingerprint density at radius 1 is 0.216 bits per heavy atom. The summed E-state index contributed by atoms with van der Waals surface area (Å²) in [6.45, 7) is 48.3. The summed E-state index contributed by atoms with van der Waals surface area (Å²) in [5.74, 6) is 0. The standard InChI is InChI=1S/4C13H10N2.C13H11N.10C2H6.31Y/c1-9-8-10-4-2-6-14-12(10)13-11(9)5-3-7-15-13;1-9-4-5-11-7-6-10-3-2-8-14-12(10)13(11)15-9;1-9-6-8-15-13-11(9)5-4-10-3-2-7-14-12(10)13;1-9-7-11-5-4-10-3-2-6-14-12(10)13(11)15-8-9;1-14(12-8-4-2-5-9-12)13-10-6-3-7-11-13;10*1-2;;;;;;;;;;;;;;;;;;;;;;;;;;;;;;;/h4*2-8H,1H3;2-8,10H,1H3;10*1-2H3;;;;;;;;;;;;;;;;;;;;;;;;;;;;;;;/q;;;;-2;;;;;;;;;;;;;;;;;;;;;;;;;;;;;;;;;;;;;;;;;. The van der Waals surface area contributed by atoms with Gasteiger partial charge in [-0.15, -0.1) is 12.1 Å². The van der Waals surface area contributed by atoms with Crippen LogP contribution in [0.3, 0.4) is 0 Å². The van der Waals surface area contributed by atoms with E-state index in [1.807, 2.05) is 287 Å². The van der Waals surface area contributed by atoms with Gasteiger partial charge in [0.2, 0.25) is 0 Å². The van der Waals surface area contributed by atoms with Crippen molar-refractivity contribution >= 4 is 98.6 Å². The van der Waals surface area contributed by atoms with Crippen molar-refractivity contribution in [1.82, 2.24) is 39.9 Å². The number of fused-ring (bicyclic) bond motifs is 12. The Balaban J connectivity index is -0.0000000259. The van der Waals surface area contributed by atoms with E-state index in [0.29, 0.717) is 0 Å². The van der Waals surface area contributed by atoms with Crippen LogP contribution in [0.15, 0.2) is 219 Å². The SMILES string of the molecule is CC.CC.CC.CC.CC.CC.CC.CC.CC.CC.CN(c1[c-]cccc1)c1[c-]cccc1.Cc1cc2cccnc2c2ncccc12.Cc1ccc2ccc3cccnc3c2n1.Cc1ccnc2c1ccc1cccnc12.Cc1cnc2c(ccc3cccnc32)c1.[Y].[Y].[Y].[Y].[Y].[Y].[Y].[Y].[Y].[Y].[Y].[Y].[Y].[Y].[Y].[Y].[Y].[Y].[Y].[Y].[Y].[Y].[Y].[Y].[Y].[Y].[Y].[Y].[Y].[Y].[Y].